The van der Waals surface area contributed by atoms with Gasteiger partial charge in [0.1, 0.15) is 0 Å². The van der Waals surface area contributed by atoms with Gasteiger partial charge in [0.05, 0.1) is 31.5 Å². The highest BCUT2D eigenvalue weighted by Crippen LogP contribution is 2.28. The molecule has 0 fully saturated rings. The molecule has 0 unspecified atom stereocenters. The average Bonchev–Trinajstić information content (AvgIpc) is 2.56. The topological polar surface area (TPSA) is 72.8 Å². The number of hydrogen-bond acceptors (Lipinski definition) is 5. The Balaban J connectivity index is 2.30. The number of methoxy groups -OCH3 is 2. The number of carbonyl (C=O) groups excluding carboxylic acids is 2. The van der Waals surface area contributed by atoms with Crippen molar-refractivity contribution < 1.29 is 24.2 Å². The highest BCUT2D eigenvalue weighted by molar-refractivity contribution is 6.03. The number of carbonyl (C=O) groups is 2. The maximum absolute atomic E-state index is 11.9. The third-order valence-corrected chi connectivity index (χ3v) is 3.63. The molecule has 2 rings (SSSR count). The van der Waals surface area contributed by atoms with Crippen LogP contribution in [0.3, 0.4) is 0 Å². The van der Waals surface area contributed by atoms with E-state index in [-0.39, 0.29) is 17.1 Å². The summed E-state index contributed by atoms with van der Waals surface area (Å²) in [6.07, 6.45) is 2.66. The normalized spacial score (nSPS) is 20.7. The van der Waals surface area contributed by atoms with Crippen LogP contribution in [-0.4, -0.2) is 37.4 Å². The van der Waals surface area contributed by atoms with Crippen LogP contribution in [0.2, 0.25) is 0 Å². The molecule has 2 atom stereocenters. The molecular weight excluding hydrogens is 284 g/mol. The second kappa shape index (κ2) is 7.04. The lowest BCUT2D eigenvalue weighted by Gasteiger charge is -2.26. The molecule has 0 saturated heterocycles. The van der Waals surface area contributed by atoms with Crippen molar-refractivity contribution in [3.63, 3.8) is 0 Å². The summed E-state index contributed by atoms with van der Waals surface area (Å²) in [5.74, 6) is -1.71. The van der Waals surface area contributed by atoms with E-state index in [2.05, 4.69) is 9.47 Å². The van der Waals surface area contributed by atoms with E-state index in [9.17, 15) is 14.7 Å². The molecule has 1 aromatic carbocycles. The predicted octanol–water partition coefficient (Wildman–Crippen LogP) is 1.42. The molecular formula is C17H18O5. The molecule has 0 aliphatic heterocycles. The van der Waals surface area contributed by atoms with Crippen molar-refractivity contribution in [3.05, 3.63) is 59.2 Å². The second-order valence-electron chi connectivity index (χ2n) is 4.97. The van der Waals surface area contributed by atoms with Crippen LogP contribution in [0.1, 0.15) is 5.56 Å². The summed E-state index contributed by atoms with van der Waals surface area (Å²) in [7, 11) is 2.43. The van der Waals surface area contributed by atoms with Crippen LogP contribution in [0.5, 0.6) is 0 Å². The lowest BCUT2D eigenvalue weighted by Crippen LogP contribution is -2.33. The molecule has 5 nitrogen and oxygen atoms in total. The Labute approximate surface area is 128 Å². The van der Waals surface area contributed by atoms with Gasteiger partial charge in [-0.05, 0) is 12.0 Å². The number of hydrogen-bond donors (Lipinski definition) is 1. The highest BCUT2D eigenvalue weighted by Gasteiger charge is 2.34. The maximum atomic E-state index is 11.9. The van der Waals surface area contributed by atoms with Crippen LogP contribution < -0.4 is 0 Å². The van der Waals surface area contributed by atoms with Gasteiger partial charge >= 0.3 is 11.9 Å². The monoisotopic (exact) mass is 302 g/mol. The van der Waals surface area contributed by atoms with Gasteiger partial charge in [0.25, 0.3) is 0 Å². The first-order chi connectivity index (χ1) is 10.6. The summed E-state index contributed by atoms with van der Waals surface area (Å²) >= 11 is 0. The van der Waals surface area contributed by atoms with E-state index in [4.69, 9.17) is 0 Å². The molecule has 0 amide bonds. The van der Waals surface area contributed by atoms with Crippen molar-refractivity contribution in [2.45, 2.75) is 12.5 Å². The molecule has 1 N–H and O–H groups in total. The molecule has 5 heteroatoms. The van der Waals surface area contributed by atoms with E-state index >= 15 is 0 Å². The van der Waals surface area contributed by atoms with Crippen molar-refractivity contribution in [1.82, 2.24) is 0 Å². The first kappa shape index (κ1) is 16.0. The van der Waals surface area contributed by atoms with Gasteiger partial charge in [-0.15, -0.1) is 0 Å². The molecule has 0 bridgehead atoms. The minimum atomic E-state index is -1.12. The summed E-state index contributed by atoms with van der Waals surface area (Å²) in [6, 6.07) is 9.61. The zero-order chi connectivity index (χ0) is 16.1. The fraction of sp³-hybridized carbons (Fsp3) is 0.294. The molecule has 22 heavy (non-hydrogen) atoms. The van der Waals surface area contributed by atoms with Crippen LogP contribution in [0, 0.1) is 5.92 Å². The van der Waals surface area contributed by atoms with Crippen molar-refractivity contribution in [2.75, 3.05) is 14.2 Å². The Morgan fingerprint density at radius 2 is 1.73 bits per heavy atom. The molecule has 1 aliphatic rings. The molecule has 0 saturated carbocycles. The summed E-state index contributed by atoms with van der Waals surface area (Å²) in [5.41, 5.74) is 1.01. The Morgan fingerprint density at radius 3 is 2.32 bits per heavy atom. The summed E-state index contributed by atoms with van der Waals surface area (Å²) in [6.45, 7) is 0. The van der Waals surface area contributed by atoms with Gasteiger partial charge < -0.3 is 14.6 Å². The van der Waals surface area contributed by atoms with Gasteiger partial charge in [0.15, 0.2) is 0 Å². The lowest BCUT2D eigenvalue weighted by molar-refractivity contribution is -0.140. The number of ether oxygens (including phenoxy) is 2. The zero-order valence-electron chi connectivity index (χ0n) is 12.5. The zero-order valence-corrected chi connectivity index (χ0v) is 12.5. The SMILES string of the molecule is COC(=O)C1=C(C(=O)OC)[C@@H](O)[C@@H](Cc2ccccc2)C=C1. The largest absolute Gasteiger partial charge is 0.466 e. The smallest absolute Gasteiger partial charge is 0.338 e. The maximum Gasteiger partial charge on any atom is 0.338 e. The highest BCUT2D eigenvalue weighted by atomic mass is 16.5. The minimum Gasteiger partial charge on any atom is -0.466 e. The molecule has 0 heterocycles. The van der Waals surface area contributed by atoms with Crippen molar-refractivity contribution >= 4 is 11.9 Å². The quantitative estimate of drug-likeness (QED) is 0.852. The van der Waals surface area contributed by atoms with Gasteiger partial charge in [-0.3, -0.25) is 0 Å². The van der Waals surface area contributed by atoms with Crippen LogP contribution in [0.25, 0.3) is 0 Å². The van der Waals surface area contributed by atoms with Crippen LogP contribution >= 0.6 is 0 Å². The van der Waals surface area contributed by atoms with Gasteiger partial charge in [-0.1, -0.05) is 42.5 Å². The van der Waals surface area contributed by atoms with E-state index in [1.807, 2.05) is 30.3 Å². The summed E-state index contributed by atoms with van der Waals surface area (Å²) in [4.78, 5) is 23.7. The van der Waals surface area contributed by atoms with Crippen LogP contribution in [0.15, 0.2) is 53.6 Å². The third-order valence-electron chi connectivity index (χ3n) is 3.63. The van der Waals surface area contributed by atoms with E-state index in [1.165, 1.54) is 20.3 Å². The molecule has 0 spiro atoms. The lowest BCUT2D eigenvalue weighted by atomic mass is 9.83. The number of aliphatic hydroxyl groups excluding tert-OH is 1. The van der Waals surface area contributed by atoms with Gasteiger partial charge in [0.2, 0.25) is 0 Å². The second-order valence-corrected chi connectivity index (χ2v) is 4.97. The number of aliphatic hydroxyl groups is 1. The van der Waals surface area contributed by atoms with Crippen LogP contribution in [-0.2, 0) is 25.5 Å². The standard InChI is InChI=1S/C17H18O5/c1-21-16(19)13-9-8-12(10-11-6-4-3-5-7-11)15(18)14(13)17(20)22-2/h3-9,12,15,18H,10H2,1-2H3/t12-,15+/m1/s1. The fourth-order valence-corrected chi connectivity index (χ4v) is 2.48. The summed E-state index contributed by atoms with van der Waals surface area (Å²) < 4.78 is 9.33. The Kier molecular flexibility index (Phi) is 5.12. The van der Waals surface area contributed by atoms with Gasteiger partial charge in [-0.25, -0.2) is 9.59 Å². The molecule has 116 valence electrons. The number of esters is 2. The van der Waals surface area contributed by atoms with Crippen molar-refractivity contribution in [3.8, 4) is 0 Å². The number of rotatable bonds is 4. The average molecular weight is 302 g/mol. The first-order valence-electron chi connectivity index (χ1n) is 6.89. The van der Waals surface area contributed by atoms with E-state index < -0.39 is 18.0 Å². The summed E-state index contributed by atoms with van der Waals surface area (Å²) in [5, 5.41) is 10.5. The van der Waals surface area contributed by atoms with E-state index in [0.717, 1.165) is 5.56 Å². The minimum absolute atomic E-state index is 0.0335. The van der Waals surface area contributed by atoms with Crippen molar-refractivity contribution in [2.24, 2.45) is 5.92 Å². The van der Waals surface area contributed by atoms with Gasteiger partial charge in [-0.2, -0.15) is 0 Å². The number of benzene rings is 1. The molecule has 0 aromatic heterocycles. The van der Waals surface area contributed by atoms with Gasteiger partial charge in [0, 0.05) is 5.92 Å². The van der Waals surface area contributed by atoms with Crippen LogP contribution in [0.4, 0.5) is 0 Å². The van der Waals surface area contributed by atoms with E-state index in [0.29, 0.717) is 6.42 Å². The Bertz CT molecular complexity index is 615. The van der Waals surface area contributed by atoms with E-state index in [1.54, 1.807) is 6.08 Å². The third kappa shape index (κ3) is 3.26. The van der Waals surface area contributed by atoms with Crippen molar-refractivity contribution in [1.29, 1.82) is 0 Å². The Hall–Kier alpha value is -2.40. The first-order valence-corrected chi connectivity index (χ1v) is 6.89. The Morgan fingerprint density at radius 1 is 1.09 bits per heavy atom. The molecule has 1 aliphatic carbocycles. The molecule has 1 aromatic rings. The predicted molar refractivity (Wildman–Crippen MR) is 79.8 cm³/mol. The fourth-order valence-electron chi connectivity index (χ4n) is 2.48. The molecule has 0 radical (unpaired) electrons.